The Bertz CT molecular complexity index is 941. The molecule has 8 heteroatoms. The lowest BCUT2D eigenvalue weighted by Crippen LogP contribution is -2.33. The molecule has 0 unspecified atom stereocenters. The number of imide groups is 1. The summed E-state index contributed by atoms with van der Waals surface area (Å²) in [6.07, 6.45) is 1.52. The number of benzene rings is 2. The summed E-state index contributed by atoms with van der Waals surface area (Å²) in [4.78, 5) is 35.7. The quantitative estimate of drug-likeness (QED) is 0.713. The number of carboxylic acid groups (broad SMARTS) is 1. The van der Waals surface area contributed by atoms with E-state index in [1.54, 1.807) is 18.2 Å². The van der Waals surface area contributed by atoms with Gasteiger partial charge in [0.1, 0.15) is 13.2 Å². The molecule has 0 saturated carbocycles. The standard InChI is InChI=1S/C20H17NO6S/c1-26-16-9-14(7-8-15(16)27-12-13-5-3-2-4-6-13)10-17-19(24)21(11-18(22)23)20(25)28-17/h2-10H,11-12H2,1H3,(H,22,23)/b17-10+. The van der Waals surface area contributed by atoms with E-state index in [0.717, 1.165) is 5.56 Å². The van der Waals surface area contributed by atoms with E-state index in [0.29, 0.717) is 40.3 Å². The Kier molecular flexibility index (Phi) is 6.00. The van der Waals surface area contributed by atoms with Gasteiger partial charge in [0.2, 0.25) is 0 Å². The second-order valence-electron chi connectivity index (χ2n) is 5.85. The molecule has 2 amide bonds. The van der Waals surface area contributed by atoms with Gasteiger partial charge in [0.15, 0.2) is 11.5 Å². The number of carbonyl (C=O) groups is 3. The summed E-state index contributed by atoms with van der Waals surface area (Å²) in [5.74, 6) is -0.845. The highest BCUT2D eigenvalue weighted by atomic mass is 32.2. The maximum absolute atomic E-state index is 12.2. The van der Waals surface area contributed by atoms with Crippen LogP contribution in [0.4, 0.5) is 4.79 Å². The van der Waals surface area contributed by atoms with Crippen molar-refractivity contribution in [1.29, 1.82) is 0 Å². The van der Waals surface area contributed by atoms with Gasteiger partial charge in [-0.3, -0.25) is 19.3 Å². The number of aliphatic carboxylic acids is 1. The fraction of sp³-hybridized carbons (Fsp3) is 0.150. The van der Waals surface area contributed by atoms with E-state index in [1.807, 2.05) is 30.3 Å². The molecule has 0 atom stereocenters. The molecule has 28 heavy (non-hydrogen) atoms. The average molecular weight is 399 g/mol. The largest absolute Gasteiger partial charge is 0.493 e. The second kappa shape index (κ2) is 8.62. The summed E-state index contributed by atoms with van der Waals surface area (Å²) in [5.41, 5.74) is 1.64. The first kappa shape index (κ1) is 19.5. The Morgan fingerprint density at radius 2 is 1.89 bits per heavy atom. The Hall–Kier alpha value is -3.26. The lowest BCUT2D eigenvalue weighted by molar-refractivity contribution is -0.140. The predicted octanol–water partition coefficient (Wildman–Crippen LogP) is 3.40. The van der Waals surface area contributed by atoms with Crippen LogP contribution in [-0.2, 0) is 16.2 Å². The van der Waals surface area contributed by atoms with Crippen molar-refractivity contribution >= 4 is 35.0 Å². The minimum atomic E-state index is -1.25. The zero-order valence-electron chi connectivity index (χ0n) is 15.0. The van der Waals surface area contributed by atoms with Gasteiger partial charge in [-0.15, -0.1) is 0 Å². The SMILES string of the molecule is COc1cc(/C=C2/SC(=O)N(CC(=O)O)C2=O)ccc1OCc1ccccc1. The summed E-state index contributed by atoms with van der Waals surface area (Å²) < 4.78 is 11.2. The van der Waals surface area contributed by atoms with Crippen molar-refractivity contribution in [3.8, 4) is 11.5 Å². The maximum atomic E-state index is 12.2. The number of thioether (sulfide) groups is 1. The number of amides is 2. The first-order valence-corrected chi connectivity index (χ1v) is 9.11. The van der Waals surface area contributed by atoms with Crippen LogP contribution in [0, 0.1) is 0 Å². The Labute approximate surface area is 165 Å². The Morgan fingerprint density at radius 3 is 2.57 bits per heavy atom. The van der Waals surface area contributed by atoms with Crippen molar-refractivity contribution < 1.29 is 29.0 Å². The summed E-state index contributed by atoms with van der Waals surface area (Å²) in [5, 5.41) is 8.21. The number of methoxy groups -OCH3 is 1. The molecular weight excluding hydrogens is 382 g/mol. The number of carbonyl (C=O) groups excluding carboxylic acids is 2. The number of hydrogen-bond acceptors (Lipinski definition) is 6. The molecule has 2 aromatic carbocycles. The van der Waals surface area contributed by atoms with Gasteiger partial charge in [-0.25, -0.2) is 0 Å². The Morgan fingerprint density at radius 1 is 1.14 bits per heavy atom. The van der Waals surface area contributed by atoms with Crippen LogP contribution < -0.4 is 9.47 Å². The molecule has 1 fully saturated rings. The van der Waals surface area contributed by atoms with Crippen LogP contribution in [-0.4, -0.2) is 40.8 Å². The van der Waals surface area contributed by atoms with Crippen LogP contribution in [0.25, 0.3) is 6.08 Å². The Balaban J connectivity index is 1.76. The molecule has 1 aliphatic heterocycles. The number of rotatable bonds is 7. The van der Waals surface area contributed by atoms with Gasteiger partial charge >= 0.3 is 5.97 Å². The van der Waals surface area contributed by atoms with Crippen molar-refractivity contribution in [3.63, 3.8) is 0 Å². The van der Waals surface area contributed by atoms with E-state index < -0.39 is 23.7 Å². The molecule has 0 bridgehead atoms. The summed E-state index contributed by atoms with van der Waals surface area (Å²) in [6, 6.07) is 14.8. The predicted molar refractivity (Wildman–Crippen MR) is 104 cm³/mol. The van der Waals surface area contributed by atoms with Crippen LogP contribution in [0.3, 0.4) is 0 Å². The van der Waals surface area contributed by atoms with E-state index in [4.69, 9.17) is 14.6 Å². The molecule has 0 aromatic heterocycles. The molecule has 3 rings (SSSR count). The molecule has 7 nitrogen and oxygen atoms in total. The van der Waals surface area contributed by atoms with Crippen molar-refractivity contribution in [3.05, 3.63) is 64.6 Å². The highest BCUT2D eigenvalue weighted by molar-refractivity contribution is 8.18. The van der Waals surface area contributed by atoms with Crippen LogP contribution in [0.2, 0.25) is 0 Å². The molecule has 0 spiro atoms. The molecule has 1 aliphatic rings. The highest BCUT2D eigenvalue weighted by Gasteiger charge is 2.36. The topological polar surface area (TPSA) is 93.1 Å². The summed E-state index contributed by atoms with van der Waals surface area (Å²) in [7, 11) is 1.51. The van der Waals surface area contributed by atoms with Gasteiger partial charge in [-0.05, 0) is 41.1 Å². The van der Waals surface area contributed by atoms with Crippen LogP contribution >= 0.6 is 11.8 Å². The lowest BCUT2D eigenvalue weighted by Gasteiger charge is -2.11. The number of carboxylic acids is 1. The van der Waals surface area contributed by atoms with Crippen molar-refractivity contribution in [2.45, 2.75) is 6.61 Å². The highest BCUT2D eigenvalue weighted by Crippen LogP contribution is 2.34. The van der Waals surface area contributed by atoms with Crippen molar-refractivity contribution in [1.82, 2.24) is 4.90 Å². The minimum absolute atomic E-state index is 0.159. The van der Waals surface area contributed by atoms with Crippen molar-refractivity contribution in [2.24, 2.45) is 0 Å². The lowest BCUT2D eigenvalue weighted by atomic mass is 10.1. The molecule has 1 N–H and O–H groups in total. The molecule has 1 heterocycles. The third-order valence-electron chi connectivity index (χ3n) is 3.89. The van der Waals surface area contributed by atoms with Crippen LogP contribution in [0.15, 0.2) is 53.4 Å². The zero-order valence-corrected chi connectivity index (χ0v) is 15.8. The normalized spacial score (nSPS) is 15.2. The van der Waals surface area contributed by atoms with Gasteiger partial charge in [0.05, 0.1) is 12.0 Å². The molecule has 0 radical (unpaired) electrons. The van der Waals surface area contributed by atoms with Gasteiger partial charge in [0.25, 0.3) is 11.1 Å². The fourth-order valence-electron chi connectivity index (χ4n) is 2.55. The molecule has 2 aromatic rings. The van der Waals surface area contributed by atoms with E-state index in [1.165, 1.54) is 13.2 Å². The third kappa shape index (κ3) is 4.52. The zero-order chi connectivity index (χ0) is 20.1. The van der Waals surface area contributed by atoms with Gasteiger partial charge in [0, 0.05) is 0 Å². The third-order valence-corrected chi connectivity index (χ3v) is 4.80. The minimum Gasteiger partial charge on any atom is -0.493 e. The molecule has 0 aliphatic carbocycles. The van der Waals surface area contributed by atoms with E-state index in [-0.39, 0.29) is 4.91 Å². The number of ether oxygens (including phenoxy) is 2. The smallest absolute Gasteiger partial charge is 0.323 e. The van der Waals surface area contributed by atoms with Gasteiger partial charge in [-0.2, -0.15) is 0 Å². The van der Waals surface area contributed by atoms with E-state index in [9.17, 15) is 14.4 Å². The van der Waals surface area contributed by atoms with Gasteiger partial charge < -0.3 is 14.6 Å². The number of hydrogen-bond donors (Lipinski definition) is 1. The molecule has 144 valence electrons. The summed E-state index contributed by atoms with van der Waals surface area (Å²) >= 11 is 0.707. The van der Waals surface area contributed by atoms with Crippen molar-refractivity contribution in [2.75, 3.05) is 13.7 Å². The number of nitrogens with zero attached hydrogens (tertiary/aromatic N) is 1. The van der Waals surface area contributed by atoms with Crippen LogP contribution in [0.5, 0.6) is 11.5 Å². The summed E-state index contributed by atoms with van der Waals surface area (Å²) in [6.45, 7) is -0.276. The van der Waals surface area contributed by atoms with Crippen LogP contribution in [0.1, 0.15) is 11.1 Å². The van der Waals surface area contributed by atoms with E-state index in [2.05, 4.69) is 0 Å². The average Bonchev–Trinajstić information content (AvgIpc) is 2.94. The molecular formula is C20H17NO6S. The maximum Gasteiger partial charge on any atom is 0.323 e. The van der Waals surface area contributed by atoms with E-state index >= 15 is 0 Å². The first-order valence-electron chi connectivity index (χ1n) is 8.30. The van der Waals surface area contributed by atoms with Gasteiger partial charge in [-0.1, -0.05) is 36.4 Å². The molecule has 1 saturated heterocycles. The second-order valence-corrected chi connectivity index (χ2v) is 6.84. The first-order chi connectivity index (χ1) is 13.5. The fourth-order valence-corrected chi connectivity index (χ4v) is 3.39. The monoisotopic (exact) mass is 399 g/mol.